The van der Waals surface area contributed by atoms with Gasteiger partial charge in [-0.25, -0.2) is 0 Å². The Morgan fingerprint density at radius 2 is 1.83 bits per heavy atom. The summed E-state index contributed by atoms with van der Waals surface area (Å²) in [5, 5.41) is 5.86. The van der Waals surface area contributed by atoms with Crippen LogP contribution in [0.25, 0.3) is 0 Å². The molecule has 3 rings (SSSR count). The molecule has 0 spiro atoms. The van der Waals surface area contributed by atoms with Crippen molar-refractivity contribution >= 4 is 11.8 Å². The minimum Gasteiger partial charge on any atom is -0.486 e. The molecule has 0 atom stereocenters. The number of rotatable bonds is 5. The standard InChI is InChI=1S/C18H24N2O4/c1-13(21)19-9-6-17(22)20-18(7-2-3-8-18)14-4-5-15-16(12-14)24-11-10-23-15/h4-5,12H,2-3,6-11H2,1H3,(H,19,21)(H,20,22). The van der Waals surface area contributed by atoms with Crippen LogP contribution in [0.4, 0.5) is 0 Å². The Bertz CT molecular complexity index is 623. The largest absolute Gasteiger partial charge is 0.486 e. The molecular weight excluding hydrogens is 308 g/mol. The van der Waals surface area contributed by atoms with E-state index >= 15 is 0 Å². The number of ether oxygens (including phenoxy) is 2. The maximum atomic E-state index is 12.3. The predicted molar refractivity (Wildman–Crippen MR) is 89.0 cm³/mol. The third-order valence-corrected chi connectivity index (χ3v) is 4.66. The summed E-state index contributed by atoms with van der Waals surface area (Å²) in [5.74, 6) is 1.35. The summed E-state index contributed by atoms with van der Waals surface area (Å²) in [4.78, 5) is 23.3. The molecule has 2 N–H and O–H groups in total. The molecule has 6 nitrogen and oxygen atoms in total. The molecular formula is C18H24N2O4. The first-order valence-electron chi connectivity index (χ1n) is 8.55. The summed E-state index contributed by atoms with van der Waals surface area (Å²) >= 11 is 0. The minimum absolute atomic E-state index is 0.0412. The van der Waals surface area contributed by atoms with Gasteiger partial charge in [0.15, 0.2) is 11.5 Å². The minimum atomic E-state index is -0.344. The van der Waals surface area contributed by atoms with Crippen LogP contribution in [-0.2, 0) is 15.1 Å². The zero-order valence-corrected chi connectivity index (χ0v) is 14.0. The van der Waals surface area contributed by atoms with Crippen LogP contribution < -0.4 is 20.1 Å². The van der Waals surface area contributed by atoms with Crippen LogP contribution in [0.1, 0.15) is 44.6 Å². The Morgan fingerprint density at radius 1 is 1.12 bits per heavy atom. The summed E-state index contributed by atoms with van der Waals surface area (Å²) in [5.41, 5.74) is 0.723. The maximum Gasteiger partial charge on any atom is 0.222 e. The van der Waals surface area contributed by atoms with Gasteiger partial charge in [0.2, 0.25) is 11.8 Å². The SMILES string of the molecule is CC(=O)NCCC(=O)NC1(c2ccc3c(c2)OCCO3)CCCC1. The molecule has 1 aliphatic heterocycles. The van der Waals surface area contributed by atoms with Crippen molar-refractivity contribution in [1.82, 2.24) is 10.6 Å². The van der Waals surface area contributed by atoms with Gasteiger partial charge in [-0.05, 0) is 30.5 Å². The van der Waals surface area contributed by atoms with E-state index in [1.807, 2.05) is 18.2 Å². The second-order valence-corrected chi connectivity index (χ2v) is 6.43. The van der Waals surface area contributed by atoms with E-state index in [9.17, 15) is 9.59 Å². The molecule has 1 saturated carbocycles. The third kappa shape index (κ3) is 3.63. The average molecular weight is 332 g/mol. The van der Waals surface area contributed by atoms with E-state index < -0.39 is 0 Å². The molecule has 1 aliphatic carbocycles. The Kier molecular flexibility index (Phi) is 4.92. The van der Waals surface area contributed by atoms with Crippen LogP contribution in [0.5, 0.6) is 11.5 Å². The highest BCUT2D eigenvalue weighted by atomic mass is 16.6. The van der Waals surface area contributed by atoms with E-state index in [4.69, 9.17) is 9.47 Å². The van der Waals surface area contributed by atoms with Crippen molar-refractivity contribution in [3.05, 3.63) is 23.8 Å². The quantitative estimate of drug-likeness (QED) is 0.863. The number of hydrogen-bond acceptors (Lipinski definition) is 4. The van der Waals surface area contributed by atoms with Crippen LogP contribution in [0.2, 0.25) is 0 Å². The lowest BCUT2D eigenvalue weighted by atomic mass is 9.87. The summed E-state index contributed by atoms with van der Waals surface area (Å²) < 4.78 is 11.3. The summed E-state index contributed by atoms with van der Waals surface area (Å²) in [7, 11) is 0. The zero-order valence-electron chi connectivity index (χ0n) is 14.0. The van der Waals surface area contributed by atoms with Gasteiger partial charge in [-0.1, -0.05) is 18.9 Å². The van der Waals surface area contributed by atoms with Crippen LogP contribution in [-0.4, -0.2) is 31.6 Å². The monoisotopic (exact) mass is 332 g/mol. The predicted octanol–water partition coefficient (Wildman–Crippen LogP) is 1.87. The van der Waals surface area contributed by atoms with Gasteiger partial charge in [-0.15, -0.1) is 0 Å². The van der Waals surface area contributed by atoms with Gasteiger partial charge in [0, 0.05) is 19.9 Å². The smallest absolute Gasteiger partial charge is 0.222 e. The van der Waals surface area contributed by atoms with Crippen LogP contribution in [0, 0.1) is 0 Å². The number of fused-ring (bicyclic) bond motifs is 1. The molecule has 2 amide bonds. The van der Waals surface area contributed by atoms with Crippen molar-refractivity contribution in [3.63, 3.8) is 0 Å². The highest BCUT2D eigenvalue weighted by molar-refractivity contribution is 5.78. The van der Waals surface area contributed by atoms with Crippen LogP contribution in [0.3, 0.4) is 0 Å². The molecule has 6 heteroatoms. The fraction of sp³-hybridized carbons (Fsp3) is 0.556. The van der Waals surface area contributed by atoms with E-state index in [1.165, 1.54) is 6.92 Å². The fourth-order valence-corrected chi connectivity index (χ4v) is 3.49. The zero-order chi connectivity index (χ0) is 17.0. The molecule has 2 aliphatic rings. The molecule has 1 heterocycles. The molecule has 0 aromatic heterocycles. The lowest BCUT2D eigenvalue weighted by molar-refractivity contribution is -0.123. The normalized spacial score (nSPS) is 18.0. The lowest BCUT2D eigenvalue weighted by Gasteiger charge is -2.32. The number of nitrogens with one attached hydrogen (secondary N) is 2. The van der Waals surface area contributed by atoms with Gasteiger partial charge >= 0.3 is 0 Å². The molecule has 0 saturated heterocycles. The third-order valence-electron chi connectivity index (χ3n) is 4.66. The highest BCUT2D eigenvalue weighted by Gasteiger charge is 2.37. The van der Waals surface area contributed by atoms with E-state index in [1.54, 1.807) is 0 Å². The first-order valence-corrected chi connectivity index (χ1v) is 8.55. The van der Waals surface area contributed by atoms with Gasteiger partial charge in [-0.3, -0.25) is 9.59 Å². The number of carbonyl (C=O) groups is 2. The average Bonchev–Trinajstić information content (AvgIpc) is 3.03. The summed E-state index contributed by atoms with van der Waals surface area (Å²) in [6.45, 7) is 2.92. The van der Waals surface area contributed by atoms with Crippen LogP contribution in [0.15, 0.2) is 18.2 Å². The van der Waals surface area contributed by atoms with Crippen molar-refractivity contribution < 1.29 is 19.1 Å². The van der Waals surface area contributed by atoms with E-state index in [0.717, 1.165) is 42.7 Å². The van der Waals surface area contributed by atoms with Gasteiger partial charge in [0.25, 0.3) is 0 Å². The Morgan fingerprint density at radius 3 is 2.54 bits per heavy atom. The maximum absolute atomic E-state index is 12.3. The highest BCUT2D eigenvalue weighted by Crippen LogP contribution is 2.42. The number of benzene rings is 1. The molecule has 0 bridgehead atoms. The van der Waals surface area contributed by atoms with Gasteiger partial charge in [0.1, 0.15) is 13.2 Å². The van der Waals surface area contributed by atoms with Crippen molar-refractivity contribution in [2.75, 3.05) is 19.8 Å². The Balaban J connectivity index is 1.73. The molecule has 0 radical (unpaired) electrons. The summed E-state index contributed by atoms with van der Waals surface area (Å²) in [6.07, 6.45) is 4.28. The Labute approximate surface area is 141 Å². The van der Waals surface area contributed by atoms with E-state index in [2.05, 4.69) is 10.6 Å². The molecule has 0 unspecified atom stereocenters. The molecule has 1 aromatic carbocycles. The Hall–Kier alpha value is -2.24. The van der Waals surface area contributed by atoms with Crippen molar-refractivity contribution in [3.8, 4) is 11.5 Å². The second-order valence-electron chi connectivity index (χ2n) is 6.43. The van der Waals surface area contributed by atoms with Gasteiger partial charge in [0.05, 0.1) is 5.54 Å². The van der Waals surface area contributed by atoms with Crippen molar-refractivity contribution in [2.45, 2.75) is 44.6 Å². The van der Waals surface area contributed by atoms with Crippen LogP contribution >= 0.6 is 0 Å². The van der Waals surface area contributed by atoms with Gasteiger partial charge in [-0.2, -0.15) is 0 Å². The molecule has 130 valence electrons. The fourth-order valence-electron chi connectivity index (χ4n) is 3.49. The first-order chi connectivity index (χ1) is 11.6. The topological polar surface area (TPSA) is 76.7 Å². The van der Waals surface area contributed by atoms with E-state index in [0.29, 0.717) is 19.8 Å². The van der Waals surface area contributed by atoms with Crippen molar-refractivity contribution in [2.24, 2.45) is 0 Å². The molecule has 1 aromatic rings. The molecule has 1 fully saturated rings. The lowest BCUT2D eigenvalue weighted by Crippen LogP contribution is -2.44. The number of hydrogen-bond donors (Lipinski definition) is 2. The first kappa shape index (κ1) is 16.6. The number of amides is 2. The molecule has 24 heavy (non-hydrogen) atoms. The second kappa shape index (κ2) is 7.11. The van der Waals surface area contributed by atoms with Crippen molar-refractivity contribution in [1.29, 1.82) is 0 Å². The van der Waals surface area contributed by atoms with E-state index in [-0.39, 0.29) is 23.8 Å². The number of carbonyl (C=O) groups excluding carboxylic acids is 2. The summed E-state index contributed by atoms with van der Waals surface area (Å²) in [6, 6.07) is 5.94. The van der Waals surface area contributed by atoms with Gasteiger partial charge < -0.3 is 20.1 Å².